The van der Waals surface area contributed by atoms with E-state index in [0.717, 1.165) is 22.5 Å². The van der Waals surface area contributed by atoms with Crippen LogP contribution in [0.1, 0.15) is 18.1 Å². The summed E-state index contributed by atoms with van der Waals surface area (Å²) in [6, 6.07) is 12.0. The molecule has 0 bridgehead atoms. The third-order valence-electron chi connectivity index (χ3n) is 4.63. The zero-order valence-electron chi connectivity index (χ0n) is 15.4. The van der Waals surface area contributed by atoms with Gasteiger partial charge in [-0.15, -0.1) is 0 Å². The number of hydrogen-bond acceptors (Lipinski definition) is 5. The van der Waals surface area contributed by atoms with Crippen LogP contribution in [-0.4, -0.2) is 37.3 Å². The first kappa shape index (κ1) is 18.9. The molecule has 2 aromatic rings. The van der Waals surface area contributed by atoms with Gasteiger partial charge in [-0.05, 0) is 48.7 Å². The summed E-state index contributed by atoms with van der Waals surface area (Å²) in [5.41, 5.74) is 6.65. The summed E-state index contributed by atoms with van der Waals surface area (Å²) in [5.74, 6) is 0.208. The minimum atomic E-state index is -3.30. The highest BCUT2D eigenvalue weighted by molar-refractivity contribution is 8.14. The van der Waals surface area contributed by atoms with E-state index >= 15 is 0 Å². The smallest absolute Gasteiger partial charge is 0.232 e. The van der Waals surface area contributed by atoms with Crippen molar-refractivity contribution in [2.75, 3.05) is 16.3 Å². The summed E-state index contributed by atoms with van der Waals surface area (Å²) in [7, 11) is -3.30. The molecule has 28 heavy (non-hydrogen) atoms. The Morgan fingerprint density at radius 2 is 2.07 bits per heavy atom. The number of benzene rings is 2. The van der Waals surface area contributed by atoms with Crippen LogP contribution in [0.4, 0.5) is 15.8 Å². The van der Waals surface area contributed by atoms with Gasteiger partial charge in [-0.1, -0.05) is 30.0 Å². The molecule has 1 atom stereocenters. The molecule has 6 nitrogen and oxygen atoms in total. The molecule has 2 aromatic carbocycles. The van der Waals surface area contributed by atoms with Gasteiger partial charge in [0.25, 0.3) is 0 Å². The monoisotopic (exact) mass is 418 g/mol. The van der Waals surface area contributed by atoms with Crippen molar-refractivity contribution in [3.8, 4) is 0 Å². The number of amidine groups is 1. The van der Waals surface area contributed by atoms with Crippen LogP contribution in [0.5, 0.6) is 0 Å². The minimum Gasteiger partial charge on any atom is -0.267 e. The normalized spacial score (nSPS) is 20.7. The lowest BCUT2D eigenvalue weighted by Gasteiger charge is -2.22. The van der Waals surface area contributed by atoms with Crippen LogP contribution in [0, 0.1) is 5.82 Å². The maximum absolute atomic E-state index is 13.7. The number of nitrogens with zero attached hydrogens (tertiary/aromatic N) is 3. The number of anilines is 1. The van der Waals surface area contributed by atoms with Gasteiger partial charge in [0.05, 0.1) is 17.7 Å². The minimum absolute atomic E-state index is 0.0967. The second kappa shape index (κ2) is 7.21. The number of hydrazone groups is 1. The Morgan fingerprint density at radius 3 is 2.75 bits per heavy atom. The van der Waals surface area contributed by atoms with Crippen LogP contribution in [-0.2, 0) is 16.4 Å². The molecule has 2 aliphatic rings. The first-order valence-corrected chi connectivity index (χ1v) is 11.6. The number of rotatable bonds is 3. The second-order valence-corrected chi connectivity index (χ2v) is 9.61. The molecule has 0 amide bonds. The molecule has 1 unspecified atom stereocenters. The van der Waals surface area contributed by atoms with E-state index < -0.39 is 10.0 Å². The third-order valence-corrected chi connectivity index (χ3v) is 6.77. The lowest BCUT2D eigenvalue weighted by molar-refractivity contribution is 0.590. The lowest BCUT2D eigenvalue weighted by Crippen LogP contribution is -2.34. The maximum Gasteiger partial charge on any atom is 0.232 e. The summed E-state index contributed by atoms with van der Waals surface area (Å²) < 4.78 is 39.3. The number of hydrogen-bond donors (Lipinski definition) is 1. The van der Waals surface area contributed by atoms with Gasteiger partial charge in [0.15, 0.2) is 5.17 Å². The van der Waals surface area contributed by atoms with Crippen LogP contribution in [0.15, 0.2) is 52.6 Å². The van der Waals surface area contributed by atoms with E-state index in [4.69, 9.17) is 0 Å². The zero-order chi connectivity index (χ0) is 19.9. The van der Waals surface area contributed by atoms with Crippen molar-refractivity contribution in [3.05, 3.63) is 59.4 Å². The Morgan fingerprint density at radius 1 is 1.29 bits per heavy atom. The van der Waals surface area contributed by atoms with E-state index in [0.29, 0.717) is 17.3 Å². The van der Waals surface area contributed by atoms with E-state index in [9.17, 15) is 12.8 Å². The number of sulfonamides is 1. The Labute approximate surface area is 167 Å². The Hall–Kier alpha value is -2.39. The van der Waals surface area contributed by atoms with Gasteiger partial charge in [0.1, 0.15) is 11.5 Å². The molecule has 4 rings (SSSR count). The van der Waals surface area contributed by atoms with Crippen LogP contribution < -0.4 is 9.73 Å². The standard InChI is InChI=1S/C19H19FN4O2S2/c1-12-9-14-10-13(7-8-18(14)24(12)28(2,25)26)17-11-27-19(23-22-17)21-16-6-4-3-5-15(16)20/h3-8,10,12H,9,11H2,1-2H3,(H,21,23). The number of nitrogens with one attached hydrogen (secondary N) is 1. The van der Waals surface area contributed by atoms with Gasteiger partial charge in [-0.3, -0.25) is 9.73 Å². The topological polar surface area (TPSA) is 74.1 Å². The summed E-state index contributed by atoms with van der Waals surface area (Å²) >= 11 is 1.44. The van der Waals surface area contributed by atoms with Crippen LogP contribution in [0.2, 0.25) is 0 Å². The average molecular weight is 419 g/mol. The predicted octanol–water partition coefficient (Wildman–Crippen LogP) is 3.26. The summed E-state index contributed by atoms with van der Waals surface area (Å²) in [6.45, 7) is 1.90. The molecule has 1 N–H and O–H groups in total. The molecule has 9 heteroatoms. The maximum atomic E-state index is 13.7. The molecule has 0 fully saturated rings. The van der Waals surface area contributed by atoms with Gasteiger partial charge < -0.3 is 0 Å². The zero-order valence-corrected chi connectivity index (χ0v) is 17.0. The molecule has 0 saturated carbocycles. The van der Waals surface area contributed by atoms with Crippen LogP contribution >= 0.6 is 11.8 Å². The first-order chi connectivity index (χ1) is 13.3. The largest absolute Gasteiger partial charge is 0.267 e. The average Bonchev–Trinajstić information content (AvgIpc) is 2.99. The quantitative estimate of drug-likeness (QED) is 0.830. The highest BCUT2D eigenvalue weighted by Gasteiger charge is 2.32. The molecule has 0 saturated heterocycles. The molecule has 2 aliphatic heterocycles. The Bertz CT molecular complexity index is 1100. The van der Waals surface area contributed by atoms with Crippen molar-refractivity contribution in [2.45, 2.75) is 19.4 Å². The molecular formula is C19H19FN4O2S2. The van der Waals surface area contributed by atoms with Gasteiger partial charge in [-0.2, -0.15) is 5.10 Å². The SMILES string of the molecule is CC1Cc2cc(C3=NNC(=Nc4ccccc4F)SC3)ccc2N1S(C)(=O)=O. The molecular weight excluding hydrogens is 399 g/mol. The van der Waals surface area contributed by atoms with E-state index in [1.54, 1.807) is 18.2 Å². The number of fused-ring (bicyclic) bond motifs is 1. The van der Waals surface area contributed by atoms with Crippen molar-refractivity contribution in [2.24, 2.45) is 10.1 Å². The Kier molecular flexibility index (Phi) is 4.88. The fourth-order valence-electron chi connectivity index (χ4n) is 3.46. The molecule has 2 heterocycles. The van der Waals surface area contributed by atoms with Gasteiger partial charge in [0, 0.05) is 11.8 Å². The molecule has 0 spiro atoms. The summed E-state index contributed by atoms with van der Waals surface area (Å²) in [6.07, 6.45) is 1.90. The van der Waals surface area contributed by atoms with Crippen LogP contribution in [0.25, 0.3) is 0 Å². The van der Waals surface area contributed by atoms with Crippen molar-refractivity contribution in [1.82, 2.24) is 5.43 Å². The molecule has 0 aliphatic carbocycles. The van der Waals surface area contributed by atoms with Gasteiger partial charge >= 0.3 is 0 Å². The van der Waals surface area contributed by atoms with Gasteiger partial charge in [0.2, 0.25) is 10.0 Å². The predicted molar refractivity (Wildman–Crippen MR) is 113 cm³/mol. The van der Waals surface area contributed by atoms with Crippen LogP contribution in [0.3, 0.4) is 0 Å². The van der Waals surface area contributed by atoms with E-state index in [2.05, 4.69) is 15.5 Å². The van der Waals surface area contributed by atoms with Gasteiger partial charge in [-0.25, -0.2) is 17.8 Å². The van der Waals surface area contributed by atoms with E-state index in [1.807, 2.05) is 25.1 Å². The fraction of sp³-hybridized carbons (Fsp3) is 0.263. The van der Waals surface area contributed by atoms with Crippen molar-refractivity contribution in [3.63, 3.8) is 0 Å². The summed E-state index contributed by atoms with van der Waals surface area (Å²) in [5, 5.41) is 4.91. The number of thioether (sulfide) groups is 1. The molecule has 0 radical (unpaired) electrons. The number of halogens is 1. The highest BCUT2D eigenvalue weighted by Crippen LogP contribution is 2.35. The van der Waals surface area contributed by atoms with Crippen molar-refractivity contribution >= 4 is 44.0 Å². The third kappa shape index (κ3) is 3.64. The summed E-state index contributed by atoms with van der Waals surface area (Å²) in [4.78, 5) is 4.26. The first-order valence-electron chi connectivity index (χ1n) is 8.74. The Balaban J connectivity index is 1.57. The molecule has 0 aromatic heterocycles. The second-order valence-electron chi connectivity index (χ2n) is 6.78. The van der Waals surface area contributed by atoms with Crippen molar-refractivity contribution < 1.29 is 12.8 Å². The lowest BCUT2D eigenvalue weighted by atomic mass is 10.0. The number of aliphatic imine (C=N–C) groups is 1. The highest BCUT2D eigenvalue weighted by atomic mass is 32.2. The van der Waals surface area contributed by atoms with Crippen molar-refractivity contribution in [1.29, 1.82) is 0 Å². The fourth-order valence-corrected chi connectivity index (χ4v) is 5.50. The van der Waals surface area contributed by atoms with E-state index in [1.165, 1.54) is 28.4 Å². The molecule has 146 valence electrons. The number of para-hydroxylation sites is 1. The van der Waals surface area contributed by atoms with E-state index in [-0.39, 0.29) is 17.5 Å².